The average molecular weight is 323 g/mol. The minimum Gasteiger partial charge on any atom is -0.479 e. The normalized spacial score (nSPS) is 31.1. The van der Waals surface area contributed by atoms with E-state index in [0.717, 1.165) is 15.4 Å². The molecule has 1 spiro atoms. The summed E-state index contributed by atoms with van der Waals surface area (Å²) in [6, 6.07) is 6.37. The van der Waals surface area contributed by atoms with Crippen LogP contribution < -0.4 is 0 Å². The van der Waals surface area contributed by atoms with Gasteiger partial charge in [0.05, 0.1) is 12.2 Å². The number of likely N-dealkylation sites (N-methyl/N-ethyl adjacent to an activating group) is 2. The second-order valence-electron chi connectivity index (χ2n) is 5.40. The molecule has 1 N–H and O–H groups in total. The molecule has 0 radical (unpaired) electrons. The Kier molecular flexibility index (Phi) is 3.38. The van der Waals surface area contributed by atoms with Crippen LogP contribution in [0.1, 0.15) is 11.5 Å². The highest BCUT2D eigenvalue weighted by Gasteiger charge is 2.62. The van der Waals surface area contributed by atoms with Gasteiger partial charge in [-0.25, -0.2) is 4.79 Å². The second kappa shape index (κ2) is 5.00. The topological polar surface area (TPSA) is 70.1 Å². The average Bonchev–Trinajstić information content (AvgIpc) is 2.96. The number of ether oxygens (including phenoxy) is 1. The zero-order chi connectivity index (χ0) is 16.1. The van der Waals surface area contributed by atoms with Crippen molar-refractivity contribution in [1.82, 2.24) is 9.80 Å². The molecule has 1 fully saturated rings. The first kappa shape index (κ1) is 14.9. The third kappa shape index (κ3) is 1.84. The number of halogens is 1. The number of rotatable bonds is 1. The van der Waals surface area contributed by atoms with E-state index in [1.54, 1.807) is 30.3 Å². The van der Waals surface area contributed by atoms with E-state index in [9.17, 15) is 14.7 Å². The molecule has 0 aromatic heterocycles. The van der Waals surface area contributed by atoms with E-state index in [4.69, 9.17) is 16.3 Å². The van der Waals surface area contributed by atoms with Crippen molar-refractivity contribution in [2.24, 2.45) is 0 Å². The second-order valence-corrected chi connectivity index (χ2v) is 5.84. The van der Waals surface area contributed by atoms with Crippen LogP contribution in [0.2, 0.25) is 5.02 Å². The standard InChI is InChI=1S/C15H15ClN2O4/c1-17-12(19)15(13(20)18(2)14(17)21)11(7-8-22-15)9-3-5-10(16)6-4-9/h3-8,11-12,19H,1-2H3/t11?,12-,15+/m0/s1. The third-order valence-electron chi connectivity index (χ3n) is 4.20. The SMILES string of the molecule is CN1C(=O)N(C)[C@@H](O)[C@@]2(OC=CC2c2ccc(Cl)cc2)C1=O. The Balaban J connectivity index is 2.08. The number of aliphatic hydroxyl groups is 1. The maximum Gasteiger partial charge on any atom is 0.328 e. The largest absolute Gasteiger partial charge is 0.479 e. The van der Waals surface area contributed by atoms with Gasteiger partial charge in [-0.1, -0.05) is 23.7 Å². The smallest absolute Gasteiger partial charge is 0.328 e. The molecule has 1 saturated heterocycles. The van der Waals surface area contributed by atoms with Gasteiger partial charge in [-0.05, 0) is 23.8 Å². The highest BCUT2D eigenvalue weighted by atomic mass is 35.5. The van der Waals surface area contributed by atoms with Crippen LogP contribution in [0.15, 0.2) is 36.6 Å². The van der Waals surface area contributed by atoms with Crippen molar-refractivity contribution in [2.45, 2.75) is 17.7 Å². The fourth-order valence-corrected chi connectivity index (χ4v) is 3.09. The summed E-state index contributed by atoms with van der Waals surface area (Å²) < 4.78 is 5.54. The predicted molar refractivity (Wildman–Crippen MR) is 79.1 cm³/mol. The molecule has 2 aliphatic heterocycles. The van der Waals surface area contributed by atoms with Gasteiger partial charge >= 0.3 is 6.03 Å². The summed E-state index contributed by atoms with van der Waals surface area (Å²) in [5.74, 6) is -1.10. The summed E-state index contributed by atoms with van der Waals surface area (Å²) in [7, 11) is 2.80. The van der Waals surface area contributed by atoms with Crippen LogP contribution in [0.5, 0.6) is 0 Å². The van der Waals surface area contributed by atoms with Gasteiger partial charge in [0.25, 0.3) is 5.91 Å². The molecule has 6 nitrogen and oxygen atoms in total. The number of urea groups is 1. The van der Waals surface area contributed by atoms with E-state index in [1.165, 1.54) is 20.4 Å². The Morgan fingerprint density at radius 1 is 1.23 bits per heavy atom. The Bertz CT molecular complexity index is 660. The molecule has 0 saturated carbocycles. The molecule has 1 aromatic carbocycles. The summed E-state index contributed by atoms with van der Waals surface area (Å²) in [5.41, 5.74) is -0.813. The Morgan fingerprint density at radius 3 is 2.50 bits per heavy atom. The van der Waals surface area contributed by atoms with Crippen molar-refractivity contribution >= 4 is 23.5 Å². The number of amides is 3. The zero-order valence-electron chi connectivity index (χ0n) is 12.1. The van der Waals surface area contributed by atoms with Crippen molar-refractivity contribution in [3.63, 3.8) is 0 Å². The van der Waals surface area contributed by atoms with Gasteiger partial charge in [-0.2, -0.15) is 0 Å². The highest BCUT2D eigenvalue weighted by molar-refractivity contribution is 6.30. The summed E-state index contributed by atoms with van der Waals surface area (Å²) in [5, 5.41) is 11.1. The lowest BCUT2D eigenvalue weighted by Crippen LogP contribution is -2.70. The van der Waals surface area contributed by atoms with Crippen molar-refractivity contribution < 1.29 is 19.4 Å². The monoisotopic (exact) mass is 322 g/mol. The fourth-order valence-electron chi connectivity index (χ4n) is 2.97. The number of aliphatic hydroxyl groups excluding tert-OH is 1. The Morgan fingerprint density at radius 2 is 1.86 bits per heavy atom. The molecule has 1 aromatic rings. The molecule has 7 heteroatoms. The first-order valence-electron chi connectivity index (χ1n) is 6.72. The number of imide groups is 1. The van der Waals surface area contributed by atoms with Crippen LogP contribution in [0.3, 0.4) is 0 Å². The lowest BCUT2D eigenvalue weighted by Gasteiger charge is -2.47. The van der Waals surface area contributed by atoms with Crippen LogP contribution in [0.25, 0.3) is 0 Å². The van der Waals surface area contributed by atoms with E-state index in [1.807, 2.05) is 0 Å². The molecule has 3 rings (SSSR count). The number of benzene rings is 1. The fraction of sp³-hybridized carbons (Fsp3) is 0.333. The minimum absolute atomic E-state index is 0.523. The highest BCUT2D eigenvalue weighted by Crippen LogP contribution is 2.44. The summed E-state index contributed by atoms with van der Waals surface area (Å²) >= 11 is 5.89. The van der Waals surface area contributed by atoms with Gasteiger partial charge in [-0.3, -0.25) is 14.6 Å². The van der Waals surface area contributed by atoms with Crippen LogP contribution in [0, 0.1) is 0 Å². The van der Waals surface area contributed by atoms with Crippen LogP contribution in [0.4, 0.5) is 4.79 Å². The molecule has 116 valence electrons. The number of carbonyl (C=O) groups is 2. The van der Waals surface area contributed by atoms with Crippen LogP contribution in [-0.4, -0.2) is 52.8 Å². The lowest BCUT2D eigenvalue weighted by molar-refractivity contribution is -0.184. The van der Waals surface area contributed by atoms with Crippen molar-refractivity contribution in [2.75, 3.05) is 14.1 Å². The first-order chi connectivity index (χ1) is 10.4. The molecule has 0 aliphatic carbocycles. The molecule has 3 atom stereocenters. The Hall–Kier alpha value is -2.05. The third-order valence-corrected chi connectivity index (χ3v) is 4.46. The molecule has 3 amide bonds. The molecular weight excluding hydrogens is 308 g/mol. The summed E-state index contributed by atoms with van der Waals surface area (Å²) in [6.07, 6.45) is 1.69. The van der Waals surface area contributed by atoms with Gasteiger partial charge < -0.3 is 9.84 Å². The van der Waals surface area contributed by atoms with Gasteiger partial charge in [0, 0.05) is 19.1 Å². The Labute approximate surface area is 132 Å². The van der Waals surface area contributed by atoms with Gasteiger partial charge in [0.15, 0.2) is 6.23 Å². The van der Waals surface area contributed by atoms with Crippen molar-refractivity contribution in [3.05, 3.63) is 47.2 Å². The van der Waals surface area contributed by atoms with Gasteiger partial charge in [0.1, 0.15) is 0 Å². The van der Waals surface area contributed by atoms with E-state index in [0.29, 0.717) is 5.02 Å². The molecule has 2 aliphatic rings. The van der Waals surface area contributed by atoms with Gasteiger partial charge in [0.2, 0.25) is 5.60 Å². The number of hydrogen-bond acceptors (Lipinski definition) is 4. The van der Waals surface area contributed by atoms with Crippen molar-refractivity contribution in [3.8, 4) is 0 Å². The molecule has 1 unspecified atom stereocenters. The van der Waals surface area contributed by atoms with Gasteiger partial charge in [-0.15, -0.1) is 0 Å². The number of hydrogen-bond donors (Lipinski definition) is 1. The van der Waals surface area contributed by atoms with E-state index in [2.05, 4.69) is 0 Å². The maximum atomic E-state index is 12.7. The molecule has 0 bridgehead atoms. The van der Waals surface area contributed by atoms with Crippen LogP contribution in [-0.2, 0) is 9.53 Å². The number of carbonyl (C=O) groups excluding carboxylic acids is 2. The molecule has 2 heterocycles. The lowest BCUT2D eigenvalue weighted by atomic mass is 9.79. The maximum absolute atomic E-state index is 12.7. The molecular formula is C15H15ClN2O4. The summed E-state index contributed by atoms with van der Waals surface area (Å²) in [6.45, 7) is 0. The quantitative estimate of drug-likeness (QED) is 0.851. The summed E-state index contributed by atoms with van der Waals surface area (Å²) in [4.78, 5) is 26.7. The molecule has 22 heavy (non-hydrogen) atoms. The first-order valence-corrected chi connectivity index (χ1v) is 7.10. The zero-order valence-corrected chi connectivity index (χ0v) is 12.8. The minimum atomic E-state index is -1.58. The number of nitrogens with zero attached hydrogens (tertiary/aromatic N) is 2. The van der Waals surface area contributed by atoms with Crippen LogP contribution >= 0.6 is 11.6 Å². The predicted octanol–water partition coefficient (Wildman–Crippen LogP) is 1.55. The van der Waals surface area contributed by atoms with E-state index >= 15 is 0 Å². The van der Waals surface area contributed by atoms with E-state index in [-0.39, 0.29) is 0 Å². The van der Waals surface area contributed by atoms with E-state index < -0.39 is 29.7 Å². The van der Waals surface area contributed by atoms with Crippen molar-refractivity contribution in [1.29, 1.82) is 0 Å².